The monoisotopic (exact) mass is 465 g/mol. The number of rotatable bonds is 3. The zero-order valence-corrected chi connectivity index (χ0v) is 16.8. The summed E-state index contributed by atoms with van der Waals surface area (Å²) in [5.41, 5.74) is -4.40. The summed E-state index contributed by atoms with van der Waals surface area (Å²) in [6, 6.07) is 12.5. The number of aromatic nitrogens is 2. The molecule has 10 heteroatoms. The highest BCUT2D eigenvalue weighted by atomic mass is 35.5. The number of aliphatic hydroxyl groups is 1. The molecule has 0 amide bonds. The molecule has 0 fully saturated rings. The van der Waals surface area contributed by atoms with Crippen molar-refractivity contribution in [2.24, 2.45) is 0 Å². The van der Waals surface area contributed by atoms with Crippen LogP contribution in [0.15, 0.2) is 66.9 Å². The minimum atomic E-state index is -5.17. The Hall–Kier alpha value is -3.48. The van der Waals surface area contributed by atoms with Crippen molar-refractivity contribution < 1.29 is 27.1 Å². The Morgan fingerprint density at radius 2 is 1.53 bits per heavy atom. The Bertz CT molecular complexity index is 1330. The third kappa shape index (κ3) is 3.68. The Morgan fingerprint density at radius 3 is 2.16 bits per heavy atom. The highest BCUT2D eigenvalue weighted by Gasteiger charge is 2.56. The summed E-state index contributed by atoms with van der Waals surface area (Å²) in [5.74, 6) is -1.44. The highest BCUT2D eigenvalue weighted by Crippen LogP contribution is 2.45. The maximum absolute atomic E-state index is 14.0. The first-order valence-electron chi connectivity index (χ1n) is 8.88. The fraction of sp³-hybridized carbons (Fsp3) is 0.0909. The van der Waals surface area contributed by atoms with E-state index in [9.17, 15) is 27.1 Å². The molecule has 4 nitrogen and oxygen atoms in total. The van der Waals surface area contributed by atoms with Crippen LogP contribution in [0, 0.1) is 23.0 Å². The third-order valence-corrected chi connectivity index (χ3v) is 4.97. The van der Waals surface area contributed by atoms with Gasteiger partial charge >= 0.3 is 6.18 Å². The Kier molecular flexibility index (Phi) is 5.96. The van der Waals surface area contributed by atoms with E-state index in [1.807, 2.05) is 0 Å². The molecule has 32 heavy (non-hydrogen) atoms. The molecular weight excluding hydrogens is 453 g/mol. The van der Waals surface area contributed by atoms with Gasteiger partial charge in [-0.25, -0.2) is 13.5 Å². The van der Waals surface area contributed by atoms with Gasteiger partial charge in [0.2, 0.25) is 5.60 Å². The molecule has 164 valence electrons. The van der Waals surface area contributed by atoms with Gasteiger partial charge in [0.05, 0.1) is 23.0 Å². The lowest BCUT2D eigenvalue weighted by Gasteiger charge is -2.31. The van der Waals surface area contributed by atoms with Crippen molar-refractivity contribution in [3.8, 4) is 11.8 Å². The second-order valence-electron chi connectivity index (χ2n) is 6.82. The molecule has 3 aromatic carbocycles. The van der Waals surface area contributed by atoms with E-state index in [0.717, 1.165) is 18.2 Å². The van der Waals surface area contributed by atoms with Crippen molar-refractivity contribution in [2.45, 2.75) is 11.8 Å². The zero-order valence-electron chi connectivity index (χ0n) is 15.9. The quantitative estimate of drug-likeness (QED) is 0.412. The van der Waals surface area contributed by atoms with E-state index in [-0.39, 0.29) is 17.8 Å². The molecule has 0 saturated carbocycles. The van der Waals surface area contributed by atoms with Gasteiger partial charge in [0.25, 0.3) is 0 Å². The van der Waals surface area contributed by atoms with Crippen molar-refractivity contribution in [1.29, 1.82) is 5.26 Å². The normalized spacial score (nSPS) is 13.3. The molecule has 1 unspecified atom stereocenters. The van der Waals surface area contributed by atoms with Gasteiger partial charge in [-0.3, -0.25) is 0 Å². The summed E-state index contributed by atoms with van der Waals surface area (Å²) in [6.07, 6.45) is -3.86. The Morgan fingerprint density at radius 1 is 0.906 bits per heavy atom. The van der Waals surface area contributed by atoms with Crippen LogP contribution in [0.1, 0.15) is 16.7 Å². The van der Waals surface area contributed by atoms with Crippen molar-refractivity contribution in [1.82, 2.24) is 9.78 Å². The van der Waals surface area contributed by atoms with Gasteiger partial charge in [0.1, 0.15) is 17.7 Å². The van der Waals surface area contributed by atoms with Crippen LogP contribution in [0.25, 0.3) is 16.6 Å². The molecule has 1 heterocycles. The molecule has 1 aromatic heterocycles. The van der Waals surface area contributed by atoms with Gasteiger partial charge in [-0.2, -0.15) is 23.5 Å². The van der Waals surface area contributed by atoms with Crippen molar-refractivity contribution >= 4 is 23.3 Å². The summed E-state index contributed by atoms with van der Waals surface area (Å²) < 4.78 is 70.3. The predicted molar refractivity (Wildman–Crippen MR) is 108 cm³/mol. The minimum absolute atomic E-state index is 0. The van der Waals surface area contributed by atoms with E-state index < -0.39 is 40.1 Å². The van der Waals surface area contributed by atoms with Gasteiger partial charge in [0, 0.05) is 5.39 Å². The van der Waals surface area contributed by atoms with Crippen LogP contribution < -0.4 is 0 Å². The number of alkyl halides is 3. The van der Waals surface area contributed by atoms with E-state index in [1.54, 1.807) is 0 Å². The van der Waals surface area contributed by atoms with E-state index in [1.165, 1.54) is 47.3 Å². The molecule has 0 aliphatic rings. The first-order valence-corrected chi connectivity index (χ1v) is 8.88. The van der Waals surface area contributed by atoms with Crippen molar-refractivity contribution in [2.75, 3.05) is 0 Å². The summed E-state index contributed by atoms with van der Waals surface area (Å²) >= 11 is 0. The SMILES string of the molecule is Cl.N#Cc1cc(C(O)(c2ccc3c(cnn3-c3ccc(F)cc3)c2)C(F)(F)F)ccc1F. The lowest BCUT2D eigenvalue weighted by molar-refractivity contribution is -0.248. The van der Waals surface area contributed by atoms with Gasteiger partial charge in [-0.1, -0.05) is 12.1 Å². The second kappa shape index (κ2) is 8.22. The van der Waals surface area contributed by atoms with Crippen LogP contribution in [0.4, 0.5) is 22.0 Å². The van der Waals surface area contributed by atoms with E-state index in [4.69, 9.17) is 5.26 Å². The maximum atomic E-state index is 14.0. The number of fused-ring (bicyclic) bond motifs is 1. The lowest BCUT2D eigenvalue weighted by Crippen LogP contribution is -2.43. The number of halogens is 6. The molecule has 4 aromatic rings. The fourth-order valence-corrected chi connectivity index (χ4v) is 3.38. The van der Waals surface area contributed by atoms with Crippen LogP contribution in [0.5, 0.6) is 0 Å². The molecule has 4 rings (SSSR count). The smallest absolute Gasteiger partial charge is 0.372 e. The molecule has 0 aliphatic carbocycles. The Balaban J connectivity index is 0.00000289. The number of hydrogen-bond donors (Lipinski definition) is 1. The van der Waals surface area contributed by atoms with Crippen LogP contribution in [0.2, 0.25) is 0 Å². The highest BCUT2D eigenvalue weighted by molar-refractivity contribution is 5.85. The molecule has 0 spiro atoms. The van der Waals surface area contributed by atoms with E-state index in [2.05, 4.69) is 5.10 Å². The summed E-state index contributed by atoms with van der Waals surface area (Å²) in [6.45, 7) is 0. The Labute approximate surface area is 184 Å². The minimum Gasteiger partial charge on any atom is -0.372 e. The molecular formula is C22H13ClF5N3O. The third-order valence-electron chi connectivity index (χ3n) is 4.97. The first-order chi connectivity index (χ1) is 14.6. The summed E-state index contributed by atoms with van der Waals surface area (Å²) in [5, 5.41) is 24.2. The topological polar surface area (TPSA) is 61.8 Å². The van der Waals surface area contributed by atoms with E-state index in [0.29, 0.717) is 23.3 Å². The van der Waals surface area contributed by atoms with Crippen LogP contribution in [0.3, 0.4) is 0 Å². The first kappa shape index (κ1) is 23.2. The largest absolute Gasteiger partial charge is 0.425 e. The maximum Gasteiger partial charge on any atom is 0.425 e. The summed E-state index contributed by atoms with van der Waals surface area (Å²) in [7, 11) is 0. The standard InChI is InChI=1S/C22H12F5N3O.ClH/c23-17-3-5-18(6-4-17)30-20-8-2-16(10-14(20)12-29-30)21(31,22(25,26)27)15-1-7-19(24)13(9-15)11-28;/h1-10,12,31H;1H. The van der Waals surface area contributed by atoms with Crippen molar-refractivity contribution in [3.05, 3.63) is 95.2 Å². The van der Waals surface area contributed by atoms with Gasteiger partial charge < -0.3 is 5.11 Å². The molecule has 0 radical (unpaired) electrons. The fourth-order valence-electron chi connectivity index (χ4n) is 3.38. The number of hydrogen-bond acceptors (Lipinski definition) is 3. The predicted octanol–water partition coefficient (Wildman–Crippen LogP) is 5.40. The van der Waals surface area contributed by atoms with Gasteiger partial charge in [0.15, 0.2) is 0 Å². The van der Waals surface area contributed by atoms with E-state index >= 15 is 0 Å². The second-order valence-corrected chi connectivity index (χ2v) is 6.82. The van der Waals surface area contributed by atoms with Gasteiger partial charge in [-0.05, 0) is 59.7 Å². The number of benzene rings is 3. The lowest BCUT2D eigenvalue weighted by atomic mass is 9.84. The average molecular weight is 466 g/mol. The molecule has 0 bridgehead atoms. The van der Waals surface area contributed by atoms with Crippen molar-refractivity contribution in [3.63, 3.8) is 0 Å². The van der Waals surface area contributed by atoms with Crippen LogP contribution in [-0.2, 0) is 5.60 Å². The van der Waals surface area contributed by atoms with Gasteiger partial charge in [-0.15, -0.1) is 12.4 Å². The zero-order chi connectivity index (χ0) is 22.4. The number of nitriles is 1. The molecule has 1 N–H and O–H groups in total. The number of nitrogens with zero attached hydrogens (tertiary/aromatic N) is 3. The van der Waals surface area contributed by atoms with Crippen LogP contribution in [-0.4, -0.2) is 21.1 Å². The molecule has 0 saturated heterocycles. The van der Waals surface area contributed by atoms with Crippen LogP contribution >= 0.6 is 12.4 Å². The average Bonchev–Trinajstić information content (AvgIpc) is 3.16. The molecule has 0 aliphatic heterocycles. The summed E-state index contributed by atoms with van der Waals surface area (Å²) in [4.78, 5) is 0. The molecule has 1 atom stereocenters.